The minimum Gasteiger partial charge on any atom is -0.396 e. The third-order valence-corrected chi connectivity index (χ3v) is 4.85. The summed E-state index contributed by atoms with van der Waals surface area (Å²) in [7, 11) is 0. The second-order valence-electron chi connectivity index (χ2n) is 6.42. The Kier molecular flexibility index (Phi) is 3.21. The summed E-state index contributed by atoms with van der Waals surface area (Å²) in [5.74, 6) is 2.93. The lowest BCUT2D eigenvalue weighted by Gasteiger charge is -2.26. The second-order valence-corrected chi connectivity index (χ2v) is 6.42. The van der Waals surface area contributed by atoms with Crippen LogP contribution in [0.5, 0.6) is 0 Å². The lowest BCUT2D eigenvalue weighted by atomic mass is 9.82. The van der Waals surface area contributed by atoms with Gasteiger partial charge in [-0.1, -0.05) is 20.3 Å². The Hall–Kier alpha value is -1.16. The largest absolute Gasteiger partial charge is 0.396 e. The van der Waals surface area contributed by atoms with E-state index in [1.807, 2.05) is 12.3 Å². The van der Waals surface area contributed by atoms with Crippen LogP contribution in [0, 0.1) is 11.3 Å². The molecule has 19 heavy (non-hydrogen) atoms. The van der Waals surface area contributed by atoms with Gasteiger partial charge in [-0.05, 0) is 24.8 Å². The molecule has 1 aromatic rings. The van der Waals surface area contributed by atoms with Crippen LogP contribution in [0.4, 0.5) is 5.82 Å². The zero-order valence-electron chi connectivity index (χ0n) is 11.8. The molecule has 2 atom stereocenters. The minimum atomic E-state index is 0.128. The fourth-order valence-electron chi connectivity index (χ4n) is 3.67. The van der Waals surface area contributed by atoms with E-state index >= 15 is 0 Å². The summed E-state index contributed by atoms with van der Waals surface area (Å²) in [4.78, 5) is 11.4. The lowest BCUT2D eigenvalue weighted by Crippen LogP contribution is -2.31. The van der Waals surface area contributed by atoms with E-state index < -0.39 is 0 Å². The maximum atomic E-state index is 9.78. The van der Waals surface area contributed by atoms with Crippen LogP contribution < -0.4 is 4.90 Å². The first-order valence-electron chi connectivity index (χ1n) is 7.33. The number of aliphatic hydroxyl groups excluding tert-OH is 1. The van der Waals surface area contributed by atoms with Crippen molar-refractivity contribution in [2.45, 2.75) is 39.0 Å². The number of fused-ring (bicyclic) bond motifs is 1. The number of rotatable bonds is 3. The molecule has 2 fully saturated rings. The van der Waals surface area contributed by atoms with Gasteiger partial charge in [-0.15, -0.1) is 0 Å². The highest BCUT2D eigenvalue weighted by Gasteiger charge is 2.49. The topological polar surface area (TPSA) is 49.2 Å². The maximum absolute atomic E-state index is 9.78. The standard InChI is InChI=1S/C15H23N3O/c1-11(2)14-16-7-5-13(17-14)18-8-12-4-3-6-15(12,9-18)10-19/h5,7,11-12,19H,3-4,6,8-10H2,1-2H3. The highest BCUT2D eigenvalue weighted by Crippen LogP contribution is 2.48. The van der Waals surface area contributed by atoms with Crippen molar-refractivity contribution in [3.8, 4) is 0 Å². The van der Waals surface area contributed by atoms with E-state index in [-0.39, 0.29) is 5.41 Å². The van der Waals surface area contributed by atoms with Gasteiger partial charge in [0.25, 0.3) is 0 Å². The zero-order chi connectivity index (χ0) is 13.5. The molecule has 4 heteroatoms. The Bertz CT molecular complexity index is 462. The molecule has 3 rings (SSSR count). The van der Waals surface area contributed by atoms with Gasteiger partial charge in [0.1, 0.15) is 11.6 Å². The molecule has 1 N–H and O–H groups in total. The van der Waals surface area contributed by atoms with Crippen molar-refractivity contribution in [1.29, 1.82) is 0 Å². The molecule has 1 saturated carbocycles. The Morgan fingerprint density at radius 2 is 2.37 bits per heavy atom. The van der Waals surface area contributed by atoms with Crippen molar-refractivity contribution >= 4 is 5.82 Å². The van der Waals surface area contributed by atoms with Crippen molar-refractivity contribution in [3.05, 3.63) is 18.1 Å². The van der Waals surface area contributed by atoms with Gasteiger partial charge in [-0.25, -0.2) is 9.97 Å². The van der Waals surface area contributed by atoms with Crippen LogP contribution in [0.2, 0.25) is 0 Å². The maximum Gasteiger partial charge on any atom is 0.133 e. The van der Waals surface area contributed by atoms with Gasteiger partial charge in [0.05, 0.1) is 6.61 Å². The molecule has 2 heterocycles. The van der Waals surface area contributed by atoms with Crippen LogP contribution >= 0.6 is 0 Å². The predicted octanol–water partition coefficient (Wildman–Crippen LogP) is 2.20. The SMILES string of the molecule is CC(C)c1nccc(N2CC3CCCC3(CO)C2)n1. The van der Waals surface area contributed by atoms with Gasteiger partial charge in [0.15, 0.2) is 0 Å². The van der Waals surface area contributed by atoms with E-state index in [9.17, 15) is 5.11 Å². The van der Waals surface area contributed by atoms with Crippen molar-refractivity contribution in [3.63, 3.8) is 0 Å². The number of hydrogen-bond donors (Lipinski definition) is 1. The molecule has 0 aromatic carbocycles. The molecule has 104 valence electrons. The number of aromatic nitrogens is 2. The normalized spacial score (nSPS) is 30.1. The third-order valence-electron chi connectivity index (χ3n) is 4.85. The lowest BCUT2D eigenvalue weighted by molar-refractivity contribution is 0.121. The molecule has 4 nitrogen and oxygen atoms in total. The summed E-state index contributed by atoms with van der Waals surface area (Å²) in [6.07, 6.45) is 5.53. The number of aliphatic hydroxyl groups is 1. The van der Waals surface area contributed by atoms with E-state index in [0.717, 1.165) is 31.2 Å². The average Bonchev–Trinajstić information content (AvgIpc) is 2.95. The Morgan fingerprint density at radius 3 is 3.05 bits per heavy atom. The van der Waals surface area contributed by atoms with Crippen molar-refractivity contribution in [1.82, 2.24) is 9.97 Å². The molecular weight excluding hydrogens is 238 g/mol. The Balaban J connectivity index is 1.83. The Labute approximate surface area is 114 Å². The van der Waals surface area contributed by atoms with Crippen LogP contribution in [-0.4, -0.2) is 34.8 Å². The van der Waals surface area contributed by atoms with Gasteiger partial charge in [-0.3, -0.25) is 0 Å². The molecule has 0 radical (unpaired) electrons. The summed E-state index contributed by atoms with van der Waals surface area (Å²) in [5, 5.41) is 9.78. The molecule has 1 aliphatic heterocycles. The zero-order valence-corrected chi connectivity index (χ0v) is 11.8. The smallest absolute Gasteiger partial charge is 0.133 e. The van der Waals surface area contributed by atoms with Crippen LogP contribution in [0.25, 0.3) is 0 Å². The molecule has 2 aliphatic rings. The predicted molar refractivity (Wildman–Crippen MR) is 75.2 cm³/mol. The first-order valence-corrected chi connectivity index (χ1v) is 7.33. The number of anilines is 1. The Morgan fingerprint density at radius 1 is 1.53 bits per heavy atom. The highest BCUT2D eigenvalue weighted by molar-refractivity contribution is 5.41. The molecule has 2 unspecified atom stereocenters. The first kappa shape index (κ1) is 12.9. The summed E-state index contributed by atoms with van der Waals surface area (Å²) >= 11 is 0. The third kappa shape index (κ3) is 2.12. The van der Waals surface area contributed by atoms with Crippen LogP contribution in [0.15, 0.2) is 12.3 Å². The summed E-state index contributed by atoms with van der Waals surface area (Å²) in [6, 6.07) is 2.00. The minimum absolute atomic E-state index is 0.128. The molecular formula is C15H23N3O. The molecule has 0 amide bonds. The van der Waals surface area contributed by atoms with Crippen molar-refractivity contribution < 1.29 is 5.11 Å². The van der Waals surface area contributed by atoms with E-state index in [4.69, 9.17) is 0 Å². The van der Waals surface area contributed by atoms with E-state index in [0.29, 0.717) is 18.4 Å². The number of hydrogen-bond acceptors (Lipinski definition) is 4. The van der Waals surface area contributed by atoms with Gasteiger partial charge >= 0.3 is 0 Å². The fourth-order valence-corrected chi connectivity index (χ4v) is 3.67. The second kappa shape index (κ2) is 4.75. The van der Waals surface area contributed by atoms with Crippen molar-refractivity contribution in [2.75, 3.05) is 24.6 Å². The molecule has 0 spiro atoms. The summed E-state index contributed by atoms with van der Waals surface area (Å²) < 4.78 is 0. The quantitative estimate of drug-likeness (QED) is 0.906. The highest BCUT2D eigenvalue weighted by atomic mass is 16.3. The van der Waals surface area contributed by atoms with Crippen molar-refractivity contribution in [2.24, 2.45) is 11.3 Å². The van der Waals surface area contributed by atoms with Crippen LogP contribution in [0.1, 0.15) is 44.9 Å². The number of nitrogens with zero attached hydrogens (tertiary/aromatic N) is 3. The monoisotopic (exact) mass is 261 g/mol. The van der Waals surface area contributed by atoms with Gasteiger partial charge in [0, 0.05) is 30.6 Å². The van der Waals surface area contributed by atoms with Gasteiger partial charge in [-0.2, -0.15) is 0 Å². The van der Waals surface area contributed by atoms with Crippen LogP contribution in [-0.2, 0) is 0 Å². The average molecular weight is 261 g/mol. The fraction of sp³-hybridized carbons (Fsp3) is 0.733. The van der Waals surface area contributed by atoms with E-state index in [1.54, 1.807) is 0 Å². The van der Waals surface area contributed by atoms with E-state index in [2.05, 4.69) is 28.7 Å². The van der Waals surface area contributed by atoms with Gasteiger partial charge in [0.2, 0.25) is 0 Å². The summed E-state index contributed by atoms with van der Waals surface area (Å²) in [5.41, 5.74) is 0.128. The van der Waals surface area contributed by atoms with Crippen LogP contribution in [0.3, 0.4) is 0 Å². The molecule has 1 saturated heterocycles. The molecule has 1 aliphatic carbocycles. The van der Waals surface area contributed by atoms with E-state index in [1.165, 1.54) is 12.8 Å². The summed E-state index contributed by atoms with van der Waals surface area (Å²) in [6.45, 7) is 6.54. The van der Waals surface area contributed by atoms with Gasteiger partial charge < -0.3 is 10.0 Å². The first-order chi connectivity index (χ1) is 9.14. The molecule has 0 bridgehead atoms. The molecule has 1 aromatic heterocycles.